The van der Waals surface area contributed by atoms with Crippen molar-refractivity contribution in [3.63, 3.8) is 0 Å². The van der Waals surface area contributed by atoms with Crippen LogP contribution in [0.15, 0.2) is 66.7 Å². The van der Waals surface area contributed by atoms with Crippen LogP contribution in [0.5, 0.6) is 0 Å². The Kier molecular flexibility index (Phi) is 3.08. The van der Waals surface area contributed by atoms with Gasteiger partial charge >= 0.3 is 0 Å². The van der Waals surface area contributed by atoms with Crippen LogP contribution in [0.3, 0.4) is 0 Å². The van der Waals surface area contributed by atoms with E-state index in [-0.39, 0.29) is 0 Å². The molecular weight excluding hydrogens is 268 g/mol. The second-order valence-electron chi connectivity index (χ2n) is 5.50. The molecule has 0 unspecified atom stereocenters. The summed E-state index contributed by atoms with van der Waals surface area (Å²) in [6.07, 6.45) is 1.06. The zero-order chi connectivity index (χ0) is 14.9. The fraction of sp³-hybridized carbons (Fsp3) is 0.100. The monoisotopic (exact) mass is 284 g/mol. The highest BCUT2D eigenvalue weighted by Gasteiger charge is 2.05. The van der Waals surface area contributed by atoms with Gasteiger partial charge in [-0.3, -0.25) is 0 Å². The number of nitrogens with zero attached hydrogens (tertiary/aromatic N) is 2. The number of hydrogen-bond acceptors (Lipinski definition) is 2. The number of rotatable bonds is 2. The van der Waals surface area contributed by atoms with Crippen LogP contribution < -0.4 is 0 Å². The van der Waals surface area contributed by atoms with Gasteiger partial charge in [-0.05, 0) is 35.2 Å². The summed E-state index contributed by atoms with van der Waals surface area (Å²) >= 11 is 0. The highest BCUT2D eigenvalue weighted by molar-refractivity contribution is 6.04. The third-order valence-electron chi connectivity index (χ3n) is 4.15. The summed E-state index contributed by atoms with van der Waals surface area (Å²) in [6.45, 7) is 2.17. The molecule has 0 amide bonds. The molecule has 2 nitrogen and oxygen atoms in total. The summed E-state index contributed by atoms with van der Waals surface area (Å²) in [4.78, 5) is 0. The average Bonchev–Trinajstić information content (AvgIpc) is 2.61. The first-order valence-electron chi connectivity index (χ1n) is 7.59. The first kappa shape index (κ1) is 13.0. The number of hydrogen-bond donors (Lipinski definition) is 0. The van der Waals surface area contributed by atoms with Crippen molar-refractivity contribution in [2.45, 2.75) is 13.3 Å². The molecule has 0 aliphatic heterocycles. The molecule has 0 fully saturated rings. The number of fused-ring (bicyclic) bond motifs is 3. The van der Waals surface area contributed by atoms with Gasteiger partial charge in [-0.1, -0.05) is 61.5 Å². The van der Waals surface area contributed by atoms with Crippen LogP contribution in [0.2, 0.25) is 0 Å². The van der Waals surface area contributed by atoms with Crippen molar-refractivity contribution in [2.75, 3.05) is 0 Å². The van der Waals surface area contributed by atoms with Gasteiger partial charge < -0.3 is 0 Å². The van der Waals surface area contributed by atoms with Crippen LogP contribution in [0.4, 0.5) is 0 Å². The zero-order valence-corrected chi connectivity index (χ0v) is 12.5. The number of benzene rings is 3. The van der Waals surface area contributed by atoms with E-state index in [0.717, 1.165) is 28.2 Å². The van der Waals surface area contributed by atoms with Gasteiger partial charge in [-0.25, -0.2) is 0 Å². The molecule has 106 valence electrons. The van der Waals surface area contributed by atoms with Gasteiger partial charge in [-0.2, -0.15) is 0 Å². The first-order chi connectivity index (χ1) is 10.8. The van der Waals surface area contributed by atoms with Crippen LogP contribution in [0, 0.1) is 0 Å². The van der Waals surface area contributed by atoms with Crippen molar-refractivity contribution in [3.8, 4) is 11.1 Å². The summed E-state index contributed by atoms with van der Waals surface area (Å²) in [5.41, 5.74) is 5.63. The lowest BCUT2D eigenvalue weighted by atomic mass is 10.0. The molecular formula is C20H16N2. The van der Waals surface area contributed by atoms with Crippen LogP contribution in [-0.2, 0) is 6.42 Å². The van der Waals surface area contributed by atoms with Crippen LogP contribution in [-0.4, -0.2) is 10.2 Å². The third-order valence-corrected chi connectivity index (χ3v) is 4.15. The van der Waals surface area contributed by atoms with Gasteiger partial charge in [0.1, 0.15) is 0 Å². The Bertz CT molecular complexity index is 956. The summed E-state index contributed by atoms with van der Waals surface area (Å²) in [5, 5.41) is 11.0. The maximum atomic E-state index is 4.38. The Morgan fingerprint density at radius 3 is 2.18 bits per heavy atom. The molecule has 4 aromatic rings. The molecule has 0 N–H and O–H groups in total. The maximum Gasteiger partial charge on any atom is 0.0942 e. The van der Waals surface area contributed by atoms with E-state index in [1.54, 1.807) is 0 Å². The fourth-order valence-electron chi connectivity index (χ4n) is 2.85. The topological polar surface area (TPSA) is 25.8 Å². The quantitative estimate of drug-likeness (QED) is 0.483. The minimum Gasteiger partial charge on any atom is -0.150 e. The molecule has 0 atom stereocenters. The lowest BCUT2D eigenvalue weighted by Crippen LogP contribution is -1.88. The zero-order valence-electron chi connectivity index (χ0n) is 12.5. The van der Waals surface area contributed by atoms with Gasteiger partial charge in [0.05, 0.1) is 11.0 Å². The van der Waals surface area contributed by atoms with Crippen LogP contribution in [0.25, 0.3) is 32.9 Å². The van der Waals surface area contributed by atoms with Crippen molar-refractivity contribution in [2.24, 2.45) is 0 Å². The van der Waals surface area contributed by atoms with Gasteiger partial charge in [0.15, 0.2) is 0 Å². The second-order valence-corrected chi connectivity index (χ2v) is 5.50. The second kappa shape index (κ2) is 5.23. The van der Waals surface area contributed by atoms with E-state index in [9.17, 15) is 0 Å². The van der Waals surface area contributed by atoms with Crippen molar-refractivity contribution in [3.05, 3.63) is 72.3 Å². The van der Waals surface area contributed by atoms with Crippen LogP contribution in [0.1, 0.15) is 12.5 Å². The predicted molar refractivity (Wildman–Crippen MR) is 91.9 cm³/mol. The van der Waals surface area contributed by atoms with E-state index in [1.165, 1.54) is 16.7 Å². The summed E-state index contributed by atoms with van der Waals surface area (Å²) in [7, 11) is 0. The van der Waals surface area contributed by atoms with Gasteiger partial charge in [0.2, 0.25) is 0 Å². The Hall–Kier alpha value is -2.74. The minimum atomic E-state index is 0.940. The molecule has 22 heavy (non-hydrogen) atoms. The van der Waals surface area contributed by atoms with Crippen molar-refractivity contribution in [1.29, 1.82) is 0 Å². The molecule has 1 heterocycles. The molecule has 1 aromatic heterocycles. The smallest absolute Gasteiger partial charge is 0.0942 e. The molecule has 0 aliphatic carbocycles. The van der Waals surface area contributed by atoms with Crippen molar-refractivity contribution >= 4 is 21.8 Å². The Labute approximate surface area is 129 Å². The summed E-state index contributed by atoms with van der Waals surface area (Å²) < 4.78 is 0. The van der Waals surface area contributed by atoms with Gasteiger partial charge in [0, 0.05) is 10.8 Å². The molecule has 0 saturated carbocycles. The van der Waals surface area contributed by atoms with E-state index in [0.29, 0.717) is 0 Å². The van der Waals surface area contributed by atoms with E-state index < -0.39 is 0 Å². The average molecular weight is 284 g/mol. The first-order valence-corrected chi connectivity index (χ1v) is 7.59. The van der Waals surface area contributed by atoms with Gasteiger partial charge in [0.25, 0.3) is 0 Å². The fourth-order valence-corrected chi connectivity index (χ4v) is 2.85. The molecule has 0 saturated heterocycles. The molecule has 2 heteroatoms. The predicted octanol–water partition coefficient (Wildman–Crippen LogP) is 5.01. The largest absolute Gasteiger partial charge is 0.150 e. The standard InChI is InChI=1S/C20H16N2/c1-2-14-7-9-15(10-8-14)16-11-12-18-17-5-3-4-6-19(17)21-22-20(18)13-16/h3-13H,2H2,1H3. The summed E-state index contributed by atoms with van der Waals surface area (Å²) in [5.74, 6) is 0. The summed E-state index contributed by atoms with van der Waals surface area (Å²) in [6, 6.07) is 23.3. The third kappa shape index (κ3) is 2.13. The molecule has 0 radical (unpaired) electrons. The minimum absolute atomic E-state index is 0.940. The lowest BCUT2D eigenvalue weighted by molar-refractivity contribution is 1.12. The molecule has 0 bridgehead atoms. The highest BCUT2D eigenvalue weighted by atomic mass is 15.1. The number of aromatic nitrogens is 2. The van der Waals surface area contributed by atoms with Crippen molar-refractivity contribution in [1.82, 2.24) is 10.2 Å². The van der Waals surface area contributed by atoms with E-state index in [4.69, 9.17) is 0 Å². The molecule has 0 aliphatic rings. The van der Waals surface area contributed by atoms with E-state index in [1.807, 2.05) is 18.2 Å². The highest BCUT2D eigenvalue weighted by Crippen LogP contribution is 2.27. The lowest BCUT2D eigenvalue weighted by Gasteiger charge is -2.06. The Morgan fingerprint density at radius 2 is 1.36 bits per heavy atom. The molecule has 0 spiro atoms. The van der Waals surface area contributed by atoms with Crippen LogP contribution >= 0.6 is 0 Å². The van der Waals surface area contributed by atoms with E-state index >= 15 is 0 Å². The number of aryl methyl sites for hydroxylation is 1. The van der Waals surface area contributed by atoms with Gasteiger partial charge in [-0.15, -0.1) is 10.2 Å². The molecule has 4 rings (SSSR count). The van der Waals surface area contributed by atoms with E-state index in [2.05, 4.69) is 65.7 Å². The normalized spacial score (nSPS) is 11.1. The Balaban J connectivity index is 1.88. The Morgan fingerprint density at radius 1 is 0.682 bits per heavy atom. The molecule has 3 aromatic carbocycles. The SMILES string of the molecule is CCc1ccc(-c2ccc3c(c2)nnc2ccccc23)cc1. The maximum absolute atomic E-state index is 4.38. The van der Waals surface area contributed by atoms with Crippen molar-refractivity contribution < 1.29 is 0 Å².